The summed E-state index contributed by atoms with van der Waals surface area (Å²) in [5.41, 5.74) is 3.04. The molecule has 1 unspecified atom stereocenters. The Kier molecular flexibility index (Phi) is 6.54. The molecule has 180 valence electrons. The van der Waals surface area contributed by atoms with Crippen molar-refractivity contribution in [2.75, 3.05) is 19.7 Å². The van der Waals surface area contributed by atoms with Crippen molar-refractivity contribution in [1.82, 2.24) is 10.2 Å². The average Bonchev–Trinajstić information content (AvgIpc) is 3.10. The average molecular weight is 472 g/mol. The highest BCUT2D eigenvalue weighted by atomic mass is 19.3. The minimum absolute atomic E-state index is 0.0292. The summed E-state index contributed by atoms with van der Waals surface area (Å²) in [5, 5.41) is 11.4. The first-order valence-corrected chi connectivity index (χ1v) is 11.2. The fourth-order valence-corrected chi connectivity index (χ4v) is 4.68. The topological polar surface area (TPSA) is 95.9 Å². The predicted octanol–water partition coefficient (Wildman–Crippen LogP) is 3.87. The lowest BCUT2D eigenvalue weighted by Crippen LogP contribution is -2.62. The Bertz CT molecular complexity index is 1050. The number of rotatable bonds is 8. The lowest BCUT2D eigenvalue weighted by atomic mass is 9.77. The smallest absolute Gasteiger partial charge is 0.407 e. The summed E-state index contributed by atoms with van der Waals surface area (Å²) in [6, 6.07) is 13.8. The summed E-state index contributed by atoms with van der Waals surface area (Å²) >= 11 is 0. The number of benzene rings is 2. The maximum atomic E-state index is 13.6. The number of alkyl carbamates (subject to hydrolysis) is 1. The number of halogens is 2. The van der Waals surface area contributed by atoms with Gasteiger partial charge in [0.05, 0.1) is 6.42 Å². The second kappa shape index (κ2) is 9.40. The fraction of sp³-hybridized carbons (Fsp3) is 0.400. The standard InChI is InChI=1S/C25H26F2N2O5/c1-2-25(23(31)32)13-29(14-25)21(30)11-20(22(26)27)28-24(33)34-12-19-17-9-5-3-7-15(17)16-8-4-6-10-18(16)19/h3-10,19-20,22H,2,11-14H2,1H3,(H,28,33)(H,31,32). The second-order valence-corrected chi connectivity index (χ2v) is 8.80. The van der Waals surface area contributed by atoms with E-state index in [1.807, 2.05) is 48.5 Å². The maximum absolute atomic E-state index is 13.6. The quantitative estimate of drug-likeness (QED) is 0.608. The first-order valence-electron chi connectivity index (χ1n) is 11.2. The minimum Gasteiger partial charge on any atom is -0.481 e. The highest BCUT2D eigenvalue weighted by Gasteiger charge is 2.50. The molecule has 34 heavy (non-hydrogen) atoms. The SMILES string of the molecule is CCC1(C(=O)O)CN(C(=O)CC(NC(=O)OCC2c3ccccc3-c3ccccc32)C(F)F)C1. The number of carboxylic acids is 1. The summed E-state index contributed by atoms with van der Waals surface area (Å²) in [7, 11) is 0. The number of amides is 2. The number of alkyl halides is 2. The number of hydrogen-bond acceptors (Lipinski definition) is 4. The molecule has 0 aromatic heterocycles. The van der Waals surface area contributed by atoms with Crippen molar-refractivity contribution < 1.29 is 33.0 Å². The van der Waals surface area contributed by atoms with Crippen LogP contribution in [0, 0.1) is 5.41 Å². The van der Waals surface area contributed by atoms with E-state index in [0.29, 0.717) is 6.42 Å². The molecule has 1 saturated heterocycles. The number of carbonyl (C=O) groups is 3. The molecule has 2 aromatic carbocycles. The Balaban J connectivity index is 1.35. The van der Waals surface area contributed by atoms with E-state index < -0.39 is 42.3 Å². The van der Waals surface area contributed by atoms with Crippen molar-refractivity contribution in [2.45, 2.75) is 38.2 Å². The molecule has 0 saturated carbocycles. The van der Waals surface area contributed by atoms with E-state index in [0.717, 1.165) is 22.3 Å². The molecule has 1 atom stereocenters. The first-order chi connectivity index (χ1) is 16.3. The Morgan fingerprint density at radius 2 is 1.65 bits per heavy atom. The number of carboxylic acid groups (broad SMARTS) is 1. The van der Waals surface area contributed by atoms with Crippen molar-refractivity contribution in [3.05, 3.63) is 59.7 Å². The monoisotopic (exact) mass is 472 g/mol. The Morgan fingerprint density at radius 3 is 2.15 bits per heavy atom. The molecule has 0 spiro atoms. The van der Waals surface area contributed by atoms with Crippen molar-refractivity contribution in [2.24, 2.45) is 5.41 Å². The Hall–Kier alpha value is -3.49. The van der Waals surface area contributed by atoms with Gasteiger partial charge in [-0.15, -0.1) is 0 Å². The molecule has 4 rings (SSSR count). The molecule has 9 heteroatoms. The fourth-order valence-electron chi connectivity index (χ4n) is 4.68. The molecule has 1 aliphatic heterocycles. The highest BCUT2D eigenvalue weighted by molar-refractivity contribution is 5.84. The van der Waals surface area contributed by atoms with Gasteiger partial charge in [0.25, 0.3) is 6.43 Å². The third-order valence-corrected chi connectivity index (χ3v) is 6.82. The normalized spacial score (nSPS) is 16.9. The van der Waals surface area contributed by atoms with Gasteiger partial charge in [-0.05, 0) is 28.7 Å². The van der Waals surface area contributed by atoms with Gasteiger partial charge < -0.3 is 20.1 Å². The number of nitrogens with zero attached hydrogens (tertiary/aromatic N) is 1. The minimum atomic E-state index is -2.99. The highest BCUT2D eigenvalue weighted by Crippen LogP contribution is 2.44. The van der Waals surface area contributed by atoms with Crippen molar-refractivity contribution in [3.8, 4) is 11.1 Å². The largest absolute Gasteiger partial charge is 0.481 e. The summed E-state index contributed by atoms with van der Waals surface area (Å²) in [6.45, 7) is 1.61. The number of likely N-dealkylation sites (tertiary alicyclic amines) is 1. The number of nitrogens with one attached hydrogen (secondary N) is 1. The second-order valence-electron chi connectivity index (χ2n) is 8.80. The number of fused-ring (bicyclic) bond motifs is 3. The van der Waals surface area contributed by atoms with Gasteiger partial charge in [-0.2, -0.15) is 0 Å². The Morgan fingerprint density at radius 1 is 1.09 bits per heavy atom. The van der Waals surface area contributed by atoms with Gasteiger partial charge in [-0.3, -0.25) is 9.59 Å². The lowest BCUT2D eigenvalue weighted by Gasteiger charge is -2.47. The van der Waals surface area contributed by atoms with Crippen LogP contribution in [0.4, 0.5) is 13.6 Å². The van der Waals surface area contributed by atoms with Crippen molar-refractivity contribution in [1.29, 1.82) is 0 Å². The zero-order chi connectivity index (χ0) is 24.5. The zero-order valence-electron chi connectivity index (χ0n) is 18.7. The molecular weight excluding hydrogens is 446 g/mol. The van der Waals surface area contributed by atoms with Crippen LogP contribution < -0.4 is 5.32 Å². The van der Waals surface area contributed by atoms with Gasteiger partial charge in [0.1, 0.15) is 18.1 Å². The van der Waals surface area contributed by atoms with Gasteiger partial charge in [0.15, 0.2) is 0 Å². The van der Waals surface area contributed by atoms with Crippen LogP contribution in [0.2, 0.25) is 0 Å². The summed E-state index contributed by atoms with van der Waals surface area (Å²) in [5.74, 6) is -1.86. The van der Waals surface area contributed by atoms with Crippen molar-refractivity contribution >= 4 is 18.0 Å². The van der Waals surface area contributed by atoms with Gasteiger partial charge in [-0.1, -0.05) is 55.5 Å². The van der Waals surface area contributed by atoms with Crippen LogP contribution >= 0.6 is 0 Å². The summed E-state index contributed by atoms with van der Waals surface area (Å²) in [4.78, 5) is 37.4. The first kappa shape index (κ1) is 23.7. The van der Waals surface area contributed by atoms with Crippen LogP contribution in [0.3, 0.4) is 0 Å². The van der Waals surface area contributed by atoms with E-state index in [2.05, 4.69) is 5.32 Å². The van der Waals surface area contributed by atoms with Crippen LogP contribution in [0.15, 0.2) is 48.5 Å². The summed E-state index contributed by atoms with van der Waals surface area (Å²) < 4.78 is 32.4. The van der Waals surface area contributed by atoms with Gasteiger partial charge in [0.2, 0.25) is 5.91 Å². The lowest BCUT2D eigenvalue weighted by molar-refractivity contribution is -0.166. The van der Waals surface area contributed by atoms with Crippen LogP contribution in [-0.2, 0) is 14.3 Å². The molecule has 2 aliphatic rings. The summed E-state index contributed by atoms with van der Waals surface area (Å²) in [6.07, 6.45) is -4.32. The molecule has 1 aliphatic carbocycles. The van der Waals surface area contributed by atoms with Gasteiger partial charge in [-0.25, -0.2) is 13.6 Å². The number of carbonyl (C=O) groups excluding carboxylic acids is 2. The predicted molar refractivity (Wildman–Crippen MR) is 120 cm³/mol. The van der Waals surface area contributed by atoms with E-state index >= 15 is 0 Å². The van der Waals surface area contributed by atoms with E-state index in [9.17, 15) is 28.3 Å². The third-order valence-electron chi connectivity index (χ3n) is 6.82. The van der Waals surface area contributed by atoms with Gasteiger partial charge in [0, 0.05) is 19.0 Å². The zero-order valence-corrected chi connectivity index (χ0v) is 18.7. The number of ether oxygens (including phenoxy) is 1. The van der Waals surface area contributed by atoms with E-state index in [1.54, 1.807) is 6.92 Å². The van der Waals surface area contributed by atoms with E-state index in [4.69, 9.17) is 4.74 Å². The molecule has 2 N–H and O–H groups in total. The molecule has 1 fully saturated rings. The number of hydrogen-bond donors (Lipinski definition) is 2. The molecule has 1 heterocycles. The molecule has 7 nitrogen and oxygen atoms in total. The molecule has 2 amide bonds. The van der Waals surface area contributed by atoms with E-state index in [1.165, 1.54) is 4.90 Å². The van der Waals surface area contributed by atoms with Crippen molar-refractivity contribution in [3.63, 3.8) is 0 Å². The van der Waals surface area contributed by atoms with Crippen LogP contribution in [-0.4, -0.2) is 60.1 Å². The molecular formula is C25H26F2N2O5. The molecule has 0 radical (unpaired) electrons. The van der Waals surface area contributed by atoms with Gasteiger partial charge >= 0.3 is 12.1 Å². The van der Waals surface area contributed by atoms with Crippen LogP contribution in [0.25, 0.3) is 11.1 Å². The third kappa shape index (κ3) is 4.34. The maximum Gasteiger partial charge on any atom is 0.407 e. The Labute approximate surface area is 195 Å². The van der Waals surface area contributed by atoms with Crippen LogP contribution in [0.5, 0.6) is 0 Å². The van der Waals surface area contributed by atoms with E-state index in [-0.39, 0.29) is 25.6 Å². The van der Waals surface area contributed by atoms with Crippen LogP contribution in [0.1, 0.15) is 36.8 Å². The molecule has 2 aromatic rings. The molecule has 0 bridgehead atoms. The number of aliphatic carboxylic acids is 1.